The van der Waals surface area contributed by atoms with Crippen LogP contribution in [0.2, 0.25) is 0 Å². The highest BCUT2D eigenvalue weighted by Crippen LogP contribution is 2.22. The van der Waals surface area contributed by atoms with Crippen LogP contribution in [0.25, 0.3) is 0 Å². The zero-order chi connectivity index (χ0) is 17.6. The van der Waals surface area contributed by atoms with Gasteiger partial charge in [0.15, 0.2) is 0 Å². The summed E-state index contributed by atoms with van der Waals surface area (Å²) in [5.74, 6) is 0.980. The highest BCUT2D eigenvalue weighted by atomic mass is 16.4. The Morgan fingerprint density at radius 2 is 2.08 bits per heavy atom. The Hall–Kier alpha value is -1.66. The zero-order valence-electron chi connectivity index (χ0n) is 15.2. The summed E-state index contributed by atoms with van der Waals surface area (Å²) in [6.07, 6.45) is 4.87. The van der Waals surface area contributed by atoms with Crippen molar-refractivity contribution >= 4 is 11.8 Å². The molecule has 6 nitrogen and oxygen atoms in total. The van der Waals surface area contributed by atoms with Gasteiger partial charge in [-0.05, 0) is 43.9 Å². The van der Waals surface area contributed by atoms with Crippen LogP contribution in [0.3, 0.4) is 0 Å². The number of carbonyl (C=O) groups is 1. The van der Waals surface area contributed by atoms with E-state index in [0.29, 0.717) is 12.3 Å². The number of aliphatic carboxylic acids is 1. The van der Waals surface area contributed by atoms with Gasteiger partial charge in [-0.25, -0.2) is 4.98 Å². The van der Waals surface area contributed by atoms with E-state index in [2.05, 4.69) is 25.8 Å². The molecule has 0 aliphatic carbocycles. The van der Waals surface area contributed by atoms with Crippen LogP contribution in [0.5, 0.6) is 0 Å². The number of likely N-dealkylation sites (tertiary alicyclic amines) is 1. The molecule has 0 spiro atoms. The second-order valence-corrected chi connectivity index (χ2v) is 7.24. The van der Waals surface area contributed by atoms with E-state index < -0.39 is 5.97 Å². The lowest BCUT2D eigenvalue weighted by Crippen LogP contribution is -2.51. The number of piperidine rings is 1. The van der Waals surface area contributed by atoms with Crippen LogP contribution in [0.15, 0.2) is 24.4 Å². The Bertz CT molecular complexity index is 546. The van der Waals surface area contributed by atoms with Gasteiger partial charge in [-0.15, -0.1) is 0 Å². The number of anilines is 1. The molecular weight excluding hydrogens is 316 g/mol. The number of hydrogen-bond acceptors (Lipinski definition) is 5. The fourth-order valence-corrected chi connectivity index (χ4v) is 4.18. The summed E-state index contributed by atoms with van der Waals surface area (Å²) in [5, 5.41) is 9.41. The van der Waals surface area contributed by atoms with Crippen molar-refractivity contribution in [3.8, 4) is 0 Å². The molecule has 2 aliphatic rings. The normalized spacial score (nSPS) is 24.2. The van der Waals surface area contributed by atoms with Crippen molar-refractivity contribution in [3.63, 3.8) is 0 Å². The van der Waals surface area contributed by atoms with Gasteiger partial charge < -0.3 is 10.0 Å². The molecule has 0 amide bonds. The number of hydrogen-bond donors (Lipinski definition) is 1. The van der Waals surface area contributed by atoms with E-state index in [1.165, 1.54) is 6.42 Å². The molecular formula is C19H30N4O2. The molecule has 3 heterocycles. The molecule has 2 atom stereocenters. The molecule has 2 aliphatic heterocycles. The Morgan fingerprint density at radius 3 is 2.72 bits per heavy atom. The zero-order valence-corrected chi connectivity index (χ0v) is 15.2. The summed E-state index contributed by atoms with van der Waals surface area (Å²) in [6.45, 7) is 9.05. The smallest absolute Gasteiger partial charge is 0.320 e. The van der Waals surface area contributed by atoms with Crippen molar-refractivity contribution in [2.24, 2.45) is 5.92 Å². The molecule has 3 rings (SSSR count). The first-order chi connectivity index (χ1) is 12.2. The second kappa shape index (κ2) is 8.63. The van der Waals surface area contributed by atoms with Crippen LogP contribution in [-0.4, -0.2) is 77.7 Å². The number of carboxylic acids is 1. The highest BCUT2D eigenvalue weighted by molar-refractivity contribution is 5.73. The first-order valence-corrected chi connectivity index (χ1v) is 9.52. The number of nitrogens with zero attached hydrogens (tertiary/aromatic N) is 4. The van der Waals surface area contributed by atoms with Gasteiger partial charge in [0.05, 0.1) is 0 Å². The number of aromatic nitrogens is 1. The average molecular weight is 346 g/mol. The van der Waals surface area contributed by atoms with Gasteiger partial charge in [0.1, 0.15) is 11.9 Å². The fraction of sp³-hybridized carbons (Fsp3) is 0.684. The van der Waals surface area contributed by atoms with Crippen LogP contribution in [-0.2, 0) is 4.79 Å². The molecule has 0 bridgehead atoms. The Labute approximate surface area is 150 Å². The Balaban J connectivity index is 1.48. The number of pyridine rings is 1. The lowest BCUT2D eigenvalue weighted by molar-refractivity contribution is -0.144. The molecule has 138 valence electrons. The standard InChI is InChI=1S/C19H30N4O2/c1-2-17(19(24)25)23-9-5-6-16(15-23)14-21-10-12-22(13-11-21)18-7-3-4-8-20-18/h3-4,7-8,16-17H,2,5-6,9-15H2,1H3,(H,24,25)/t16-,17-/m1/s1. The first kappa shape index (κ1) is 18.1. The third-order valence-corrected chi connectivity index (χ3v) is 5.52. The summed E-state index contributed by atoms with van der Waals surface area (Å²) >= 11 is 0. The molecule has 2 saturated heterocycles. The average Bonchev–Trinajstić information content (AvgIpc) is 2.64. The van der Waals surface area contributed by atoms with Gasteiger partial charge in [0.2, 0.25) is 0 Å². The predicted molar refractivity (Wildman–Crippen MR) is 98.9 cm³/mol. The predicted octanol–water partition coefficient (Wildman–Crippen LogP) is 1.78. The molecule has 0 saturated carbocycles. The summed E-state index contributed by atoms with van der Waals surface area (Å²) < 4.78 is 0. The summed E-state index contributed by atoms with van der Waals surface area (Å²) in [6, 6.07) is 5.75. The van der Waals surface area contributed by atoms with Crippen LogP contribution in [0.4, 0.5) is 5.82 Å². The van der Waals surface area contributed by atoms with E-state index in [4.69, 9.17) is 0 Å². The van der Waals surface area contributed by atoms with Crippen molar-refractivity contribution in [3.05, 3.63) is 24.4 Å². The maximum Gasteiger partial charge on any atom is 0.320 e. The molecule has 25 heavy (non-hydrogen) atoms. The molecule has 0 unspecified atom stereocenters. The van der Waals surface area contributed by atoms with Gasteiger partial charge in [-0.2, -0.15) is 0 Å². The highest BCUT2D eigenvalue weighted by Gasteiger charge is 2.30. The molecule has 1 aromatic heterocycles. The Morgan fingerprint density at radius 1 is 1.28 bits per heavy atom. The SMILES string of the molecule is CC[C@H](C(=O)O)N1CCC[C@H](CN2CCN(c3ccccn3)CC2)C1. The minimum atomic E-state index is -0.674. The van der Waals surface area contributed by atoms with Crippen LogP contribution >= 0.6 is 0 Å². The van der Waals surface area contributed by atoms with Crippen molar-refractivity contribution in [2.45, 2.75) is 32.2 Å². The maximum absolute atomic E-state index is 11.4. The third-order valence-electron chi connectivity index (χ3n) is 5.52. The van der Waals surface area contributed by atoms with Crippen LogP contribution < -0.4 is 4.90 Å². The van der Waals surface area contributed by atoms with Crippen molar-refractivity contribution in [1.29, 1.82) is 0 Å². The first-order valence-electron chi connectivity index (χ1n) is 9.52. The molecule has 0 radical (unpaired) electrons. The van der Waals surface area contributed by atoms with Gasteiger partial charge in [0.25, 0.3) is 0 Å². The van der Waals surface area contributed by atoms with E-state index >= 15 is 0 Å². The topological polar surface area (TPSA) is 59.9 Å². The molecule has 6 heteroatoms. The Kier molecular flexibility index (Phi) is 6.26. The minimum absolute atomic E-state index is 0.316. The summed E-state index contributed by atoms with van der Waals surface area (Å²) in [5.41, 5.74) is 0. The molecule has 1 N–H and O–H groups in total. The quantitative estimate of drug-likeness (QED) is 0.847. The largest absolute Gasteiger partial charge is 0.480 e. The van der Waals surface area contributed by atoms with Gasteiger partial charge in [-0.3, -0.25) is 14.6 Å². The van der Waals surface area contributed by atoms with Crippen LogP contribution in [0.1, 0.15) is 26.2 Å². The van der Waals surface area contributed by atoms with E-state index in [1.54, 1.807) is 0 Å². The lowest BCUT2D eigenvalue weighted by Gasteiger charge is -2.40. The number of carboxylic acid groups (broad SMARTS) is 1. The lowest BCUT2D eigenvalue weighted by atomic mass is 9.95. The summed E-state index contributed by atoms with van der Waals surface area (Å²) in [7, 11) is 0. The van der Waals surface area contributed by atoms with Gasteiger partial charge in [0, 0.05) is 45.5 Å². The number of rotatable bonds is 6. The van der Waals surface area contributed by atoms with Crippen molar-refractivity contribution < 1.29 is 9.90 Å². The van der Waals surface area contributed by atoms with Gasteiger partial charge >= 0.3 is 5.97 Å². The summed E-state index contributed by atoms with van der Waals surface area (Å²) in [4.78, 5) is 22.9. The van der Waals surface area contributed by atoms with Gasteiger partial charge in [-0.1, -0.05) is 13.0 Å². The van der Waals surface area contributed by atoms with Crippen molar-refractivity contribution in [1.82, 2.24) is 14.8 Å². The van der Waals surface area contributed by atoms with Crippen molar-refractivity contribution in [2.75, 3.05) is 50.7 Å². The molecule has 2 fully saturated rings. The third kappa shape index (κ3) is 4.70. The van der Waals surface area contributed by atoms with E-state index in [0.717, 1.165) is 58.1 Å². The number of piperazine rings is 1. The second-order valence-electron chi connectivity index (χ2n) is 7.24. The van der Waals surface area contributed by atoms with E-state index in [9.17, 15) is 9.90 Å². The van der Waals surface area contributed by atoms with E-state index in [1.807, 2.05) is 25.3 Å². The molecule has 1 aromatic rings. The fourth-order valence-electron chi connectivity index (χ4n) is 4.18. The van der Waals surface area contributed by atoms with E-state index in [-0.39, 0.29) is 6.04 Å². The maximum atomic E-state index is 11.4. The monoisotopic (exact) mass is 346 g/mol. The minimum Gasteiger partial charge on any atom is -0.480 e. The molecule has 0 aromatic carbocycles. The van der Waals surface area contributed by atoms with Crippen LogP contribution in [0, 0.1) is 5.92 Å².